The lowest BCUT2D eigenvalue weighted by Gasteiger charge is -2.23. The van der Waals surface area contributed by atoms with Crippen LogP contribution < -0.4 is 16.4 Å². The van der Waals surface area contributed by atoms with E-state index in [0.717, 1.165) is 0 Å². The van der Waals surface area contributed by atoms with Crippen molar-refractivity contribution < 1.29 is 30.1 Å². The van der Waals surface area contributed by atoms with E-state index < -0.39 is 47.2 Å². The molecule has 0 fully saturated rings. The van der Waals surface area contributed by atoms with E-state index in [4.69, 9.17) is 16.6 Å². The van der Waals surface area contributed by atoms with Gasteiger partial charge in [-0.05, 0) is 54.9 Å². The molecule has 9 heteroatoms. The monoisotopic (exact) mass is 374 g/mol. The van der Waals surface area contributed by atoms with Crippen LogP contribution in [0.25, 0.3) is 0 Å². The molecule has 0 aliphatic heterocycles. The number of carbonyl (C=O) groups is 4. The molecule has 150 valence electrons. The van der Waals surface area contributed by atoms with E-state index >= 15 is 0 Å². The second-order valence-electron chi connectivity index (χ2n) is 7.87. The van der Waals surface area contributed by atoms with E-state index in [1.54, 1.807) is 41.5 Å². The van der Waals surface area contributed by atoms with Crippen LogP contribution in [0.1, 0.15) is 61.3 Å². The van der Waals surface area contributed by atoms with Gasteiger partial charge in [0.2, 0.25) is 11.8 Å². The Hall–Kier alpha value is -2.32. The largest absolute Gasteiger partial charge is 0.460 e. The molecule has 26 heavy (non-hydrogen) atoms. The summed E-state index contributed by atoms with van der Waals surface area (Å²) in [5.74, 6) is -2.15. The van der Waals surface area contributed by atoms with Crippen LogP contribution in [0, 0.1) is 0 Å². The number of rotatable bonds is 7. The standard InChI is InChI=1S/C17H31N3O6/c1-10(19-15(24)26-17(5,6)7)14(23)20-11(13(18)22)8-9-12(21)25-16(2,3)4/h10-11H,8-9H2,1-7H3,(H2,18,22)(H,19,24)(H,20,23)/t10-,11-/m0/s1/i/hD. The SMILES string of the molecule is [2H]N(C(=O)OC(C)(C)C)[C@@H](C)C(=O)N[C@@H](CCC(=O)OC(C)(C)C)C(N)=O. The molecule has 0 saturated carbocycles. The Bertz CT molecular complexity index is 568. The summed E-state index contributed by atoms with van der Waals surface area (Å²) < 4.78 is 17.9. The van der Waals surface area contributed by atoms with Crippen molar-refractivity contribution in [2.75, 3.05) is 0 Å². The van der Waals surface area contributed by atoms with Gasteiger partial charge in [-0.3, -0.25) is 14.4 Å². The minimum Gasteiger partial charge on any atom is -0.460 e. The number of ether oxygens (including phenoxy) is 2. The van der Waals surface area contributed by atoms with Gasteiger partial charge in [0, 0.05) is 6.42 Å². The molecule has 0 bridgehead atoms. The molecular weight excluding hydrogens is 342 g/mol. The normalized spacial score (nSPS) is 14.5. The third-order valence-electron chi connectivity index (χ3n) is 2.79. The average Bonchev–Trinajstić information content (AvgIpc) is 2.45. The van der Waals surface area contributed by atoms with Crippen LogP contribution in [0.2, 0.25) is 1.41 Å². The maximum absolute atomic E-state index is 12.2. The fourth-order valence-corrected chi connectivity index (χ4v) is 1.74. The minimum atomic E-state index is -1.23. The smallest absolute Gasteiger partial charge is 0.408 e. The molecule has 0 aromatic carbocycles. The Morgan fingerprint density at radius 1 is 1.04 bits per heavy atom. The highest BCUT2D eigenvalue weighted by Crippen LogP contribution is 2.10. The van der Waals surface area contributed by atoms with Crippen LogP contribution in [-0.2, 0) is 23.9 Å². The highest BCUT2D eigenvalue weighted by molar-refractivity contribution is 5.90. The summed E-state index contributed by atoms with van der Waals surface area (Å²) in [5.41, 5.74) is 3.77. The predicted molar refractivity (Wildman–Crippen MR) is 95.0 cm³/mol. The topological polar surface area (TPSA) is 137 Å². The van der Waals surface area contributed by atoms with E-state index in [1.807, 2.05) is 0 Å². The highest BCUT2D eigenvalue weighted by Gasteiger charge is 2.26. The number of alkyl carbamates (subject to hydrolysis) is 1. The van der Waals surface area contributed by atoms with Gasteiger partial charge < -0.3 is 25.8 Å². The van der Waals surface area contributed by atoms with Crippen LogP contribution >= 0.6 is 0 Å². The summed E-state index contributed by atoms with van der Waals surface area (Å²) in [5, 5.41) is 2.71. The van der Waals surface area contributed by atoms with Crippen molar-refractivity contribution in [3.05, 3.63) is 0 Å². The van der Waals surface area contributed by atoms with Gasteiger partial charge in [0.15, 0.2) is 1.41 Å². The minimum absolute atomic E-state index is 0.0624. The van der Waals surface area contributed by atoms with Gasteiger partial charge in [0.25, 0.3) is 0 Å². The van der Waals surface area contributed by atoms with E-state index in [9.17, 15) is 19.2 Å². The molecule has 0 aliphatic rings. The van der Waals surface area contributed by atoms with E-state index in [2.05, 4.69) is 5.32 Å². The summed E-state index contributed by atoms with van der Waals surface area (Å²) >= 11 is 0. The molecule has 0 aromatic rings. The Kier molecular flexibility index (Phi) is 7.85. The van der Waals surface area contributed by atoms with Crippen LogP contribution in [0.15, 0.2) is 0 Å². The van der Waals surface area contributed by atoms with Gasteiger partial charge in [0.1, 0.15) is 23.3 Å². The molecule has 3 amide bonds. The number of nitrogens with one attached hydrogen (secondary N) is 2. The number of hydrogen-bond donors (Lipinski definition) is 3. The zero-order chi connectivity index (χ0) is 21.6. The summed E-state index contributed by atoms with van der Waals surface area (Å²) in [6, 6.07) is -2.37. The van der Waals surface area contributed by atoms with Crippen molar-refractivity contribution in [2.45, 2.75) is 84.6 Å². The summed E-state index contributed by atoms with van der Waals surface area (Å²) in [6.45, 7) is 11.3. The molecule has 0 rings (SSSR count). The van der Waals surface area contributed by atoms with Crippen molar-refractivity contribution in [3.63, 3.8) is 0 Å². The maximum Gasteiger partial charge on any atom is 0.408 e. The molecule has 0 aromatic heterocycles. The molecule has 0 unspecified atom stereocenters. The van der Waals surface area contributed by atoms with Crippen LogP contribution in [0.5, 0.6) is 0 Å². The number of esters is 1. The molecule has 0 spiro atoms. The number of nitrogens with two attached hydrogens (primary N) is 1. The first-order chi connectivity index (χ1) is 12.0. The van der Waals surface area contributed by atoms with Gasteiger partial charge in [-0.2, -0.15) is 0 Å². The van der Waals surface area contributed by atoms with Gasteiger partial charge in [-0.1, -0.05) is 0 Å². The predicted octanol–water partition coefficient (Wildman–Crippen LogP) is 0.992. The van der Waals surface area contributed by atoms with E-state index in [-0.39, 0.29) is 12.8 Å². The third-order valence-corrected chi connectivity index (χ3v) is 2.79. The Labute approximate surface area is 155 Å². The second kappa shape index (κ2) is 9.40. The van der Waals surface area contributed by atoms with Gasteiger partial charge in [-0.25, -0.2) is 4.79 Å². The number of carbonyl (C=O) groups excluding carboxylic acids is 4. The number of primary amides is 1. The molecule has 4 N–H and O–H groups in total. The summed E-state index contributed by atoms with van der Waals surface area (Å²) in [4.78, 5) is 47.4. The lowest BCUT2D eigenvalue weighted by atomic mass is 10.1. The zero-order valence-corrected chi connectivity index (χ0v) is 16.5. The van der Waals surface area contributed by atoms with Crippen LogP contribution in [-0.4, -0.2) is 47.2 Å². The third kappa shape index (κ3) is 11.3. The Balaban J connectivity index is 4.81. The second-order valence-corrected chi connectivity index (χ2v) is 7.87. The van der Waals surface area contributed by atoms with Crippen LogP contribution in [0.4, 0.5) is 4.79 Å². The molecule has 0 radical (unpaired) electrons. The lowest BCUT2D eigenvalue weighted by Crippen LogP contribution is -2.52. The fourth-order valence-electron chi connectivity index (χ4n) is 1.74. The fraction of sp³-hybridized carbons (Fsp3) is 0.765. The molecule has 2 atom stereocenters. The van der Waals surface area contributed by atoms with Gasteiger partial charge >= 0.3 is 12.1 Å². The summed E-state index contributed by atoms with van der Waals surface area (Å²) in [7, 11) is 0. The molecule has 0 saturated heterocycles. The molecule has 9 nitrogen and oxygen atoms in total. The van der Waals surface area contributed by atoms with Crippen molar-refractivity contribution in [2.24, 2.45) is 5.73 Å². The number of amides is 3. The van der Waals surface area contributed by atoms with Gasteiger partial charge in [-0.15, -0.1) is 0 Å². The quantitative estimate of drug-likeness (QED) is 0.568. The Morgan fingerprint density at radius 2 is 1.54 bits per heavy atom. The van der Waals surface area contributed by atoms with Crippen molar-refractivity contribution >= 4 is 23.9 Å². The van der Waals surface area contributed by atoms with Crippen molar-refractivity contribution in [1.82, 2.24) is 10.6 Å². The highest BCUT2D eigenvalue weighted by atomic mass is 16.6. The first-order valence-electron chi connectivity index (χ1n) is 8.81. The lowest BCUT2D eigenvalue weighted by molar-refractivity contribution is -0.155. The van der Waals surface area contributed by atoms with E-state index in [1.165, 1.54) is 6.92 Å². The molecular formula is C17H31N3O6. The maximum atomic E-state index is 12.2. The van der Waals surface area contributed by atoms with Gasteiger partial charge in [0.05, 0.1) is 0 Å². The van der Waals surface area contributed by atoms with Crippen LogP contribution in [0.3, 0.4) is 0 Å². The Morgan fingerprint density at radius 3 is 1.96 bits per heavy atom. The summed E-state index contributed by atoms with van der Waals surface area (Å²) in [6.07, 6.45) is -1.20. The average molecular weight is 374 g/mol. The first kappa shape index (κ1) is 21.7. The van der Waals surface area contributed by atoms with Crippen molar-refractivity contribution in [1.29, 1.82) is 0 Å². The zero-order valence-electron chi connectivity index (χ0n) is 17.5. The molecule has 0 heterocycles. The molecule has 0 aliphatic carbocycles. The number of hydrogen-bond acceptors (Lipinski definition) is 6. The first-order valence-corrected chi connectivity index (χ1v) is 8.36. The van der Waals surface area contributed by atoms with E-state index in [0.29, 0.717) is 5.31 Å². The van der Waals surface area contributed by atoms with Crippen molar-refractivity contribution in [3.8, 4) is 0 Å².